The second kappa shape index (κ2) is 7.39. The molecule has 0 saturated heterocycles. The van der Waals surface area contributed by atoms with Gasteiger partial charge in [-0.15, -0.1) is 0 Å². The molecule has 0 bridgehead atoms. The minimum absolute atomic E-state index is 0.129. The minimum atomic E-state index is -1.000. The van der Waals surface area contributed by atoms with Gasteiger partial charge < -0.3 is 15.9 Å². The predicted octanol–water partition coefficient (Wildman–Crippen LogP) is 5.15. The van der Waals surface area contributed by atoms with E-state index in [0.717, 1.165) is 56.8 Å². The predicted molar refractivity (Wildman–Crippen MR) is 114 cm³/mol. The fourth-order valence-corrected chi connectivity index (χ4v) is 8.30. The van der Waals surface area contributed by atoms with Crippen molar-refractivity contribution in [2.24, 2.45) is 40.2 Å². The molecule has 160 valence electrons. The Morgan fingerprint density at radius 1 is 1.11 bits per heavy atom. The fourth-order valence-electron chi connectivity index (χ4n) is 8.30. The number of hydrogen-bond acceptors (Lipinski definition) is 3. The van der Waals surface area contributed by atoms with Crippen molar-refractivity contribution >= 4 is 0 Å². The van der Waals surface area contributed by atoms with Crippen LogP contribution in [-0.2, 0) is 0 Å². The third-order valence-electron chi connectivity index (χ3n) is 9.86. The molecule has 4 N–H and O–H groups in total. The molecule has 0 aromatic rings. The lowest BCUT2D eigenvalue weighted by molar-refractivity contribution is -0.111. The Labute approximate surface area is 172 Å². The first kappa shape index (κ1) is 20.9. The maximum atomic E-state index is 11.2. The number of rotatable bonds is 5. The Kier molecular flexibility index (Phi) is 5.51. The smallest absolute Gasteiger partial charge is 0.116 e. The lowest BCUT2D eigenvalue weighted by atomic mass is 9.47. The fraction of sp³-hybridized carbons (Fsp3) is 0.920. The monoisotopic (exact) mass is 389 g/mol. The van der Waals surface area contributed by atoms with Gasteiger partial charge >= 0.3 is 0 Å². The first-order valence-corrected chi connectivity index (χ1v) is 12.1. The Morgan fingerprint density at radius 2 is 1.89 bits per heavy atom. The van der Waals surface area contributed by atoms with Gasteiger partial charge in [0.15, 0.2) is 0 Å². The van der Waals surface area contributed by atoms with Crippen LogP contribution in [0, 0.1) is 34.5 Å². The number of aliphatic hydroxyl groups is 2. The molecule has 3 fully saturated rings. The molecule has 4 rings (SSSR count). The van der Waals surface area contributed by atoms with Gasteiger partial charge in [-0.05, 0) is 92.8 Å². The van der Waals surface area contributed by atoms with E-state index in [9.17, 15) is 10.2 Å². The van der Waals surface area contributed by atoms with E-state index in [2.05, 4.69) is 26.8 Å². The summed E-state index contributed by atoms with van der Waals surface area (Å²) in [6.45, 7) is 7.15. The summed E-state index contributed by atoms with van der Waals surface area (Å²) in [5, 5.41) is 21.4. The second-order valence-corrected chi connectivity index (χ2v) is 11.3. The highest BCUT2D eigenvalue weighted by molar-refractivity contribution is 5.25. The zero-order chi connectivity index (χ0) is 20.2. The Bertz CT molecular complexity index is 614. The van der Waals surface area contributed by atoms with Crippen molar-refractivity contribution in [3.05, 3.63) is 11.6 Å². The van der Waals surface area contributed by atoms with Crippen molar-refractivity contribution < 1.29 is 10.2 Å². The Balaban J connectivity index is 1.55. The number of allylic oxidation sites excluding steroid dienone is 1. The van der Waals surface area contributed by atoms with Gasteiger partial charge in [-0.25, -0.2) is 0 Å². The molecular formula is C25H43NO2. The van der Waals surface area contributed by atoms with Crippen molar-refractivity contribution in [1.82, 2.24) is 0 Å². The SMILES string of the molecule is CCCCC[C@](N)(O)C1CCC2C3CC=C4CC(O)CC[C@]4(C)C3CC[C@@]21C. The molecule has 0 aliphatic heterocycles. The minimum Gasteiger partial charge on any atom is -0.393 e. The molecule has 8 atom stereocenters. The molecular weight excluding hydrogens is 346 g/mol. The van der Waals surface area contributed by atoms with Crippen molar-refractivity contribution in [3.8, 4) is 0 Å². The highest BCUT2D eigenvalue weighted by atomic mass is 16.3. The van der Waals surface area contributed by atoms with E-state index < -0.39 is 5.72 Å². The van der Waals surface area contributed by atoms with Crippen molar-refractivity contribution in [2.75, 3.05) is 0 Å². The first-order chi connectivity index (χ1) is 13.2. The summed E-state index contributed by atoms with van der Waals surface area (Å²) >= 11 is 0. The molecule has 4 aliphatic carbocycles. The van der Waals surface area contributed by atoms with Crippen LogP contribution in [0.3, 0.4) is 0 Å². The zero-order valence-electron chi connectivity index (χ0n) is 18.4. The number of hydrogen-bond donors (Lipinski definition) is 3. The number of nitrogens with two attached hydrogens (primary N) is 1. The van der Waals surface area contributed by atoms with Gasteiger partial charge in [0.05, 0.1) is 6.10 Å². The lowest BCUT2D eigenvalue weighted by Gasteiger charge is -2.58. The van der Waals surface area contributed by atoms with Gasteiger partial charge in [-0.2, -0.15) is 0 Å². The summed E-state index contributed by atoms with van der Waals surface area (Å²) in [5.41, 5.74) is 7.61. The van der Waals surface area contributed by atoms with Crippen LogP contribution in [0.1, 0.15) is 97.8 Å². The molecule has 0 heterocycles. The Hall–Kier alpha value is -0.380. The maximum Gasteiger partial charge on any atom is 0.116 e. The van der Waals surface area contributed by atoms with Gasteiger partial charge in [0.1, 0.15) is 5.72 Å². The summed E-state index contributed by atoms with van der Waals surface area (Å²) < 4.78 is 0. The summed E-state index contributed by atoms with van der Waals surface area (Å²) in [5.74, 6) is 2.43. The molecule has 4 aliphatic rings. The summed E-state index contributed by atoms with van der Waals surface area (Å²) in [4.78, 5) is 0. The van der Waals surface area contributed by atoms with E-state index in [1.165, 1.54) is 32.1 Å². The maximum absolute atomic E-state index is 11.2. The van der Waals surface area contributed by atoms with E-state index in [1.807, 2.05) is 0 Å². The van der Waals surface area contributed by atoms with Gasteiger partial charge in [0, 0.05) is 5.92 Å². The molecule has 0 amide bonds. The van der Waals surface area contributed by atoms with E-state index in [4.69, 9.17) is 5.73 Å². The Morgan fingerprint density at radius 3 is 2.64 bits per heavy atom. The molecule has 0 aromatic carbocycles. The molecule has 28 heavy (non-hydrogen) atoms. The van der Waals surface area contributed by atoms with E-state index in [0.29, 0.717) is 11.3 Å². The number of aliphatic hydroxyl groups excluding tert-OH is 1. The van der Waals surface area contributed by atoms with Crippen LogP contribution in [-0.4, -0.2) is 22.0 Å². The van der Waals surface area contributed by atoms with Gasteiger partial charge in [-0.3, -0.25) is 0 Å². The normalized spacial score (nSPS) is 47.5. The van der Waals surface area contributed by atoms with Crippen LogP contribution in [0.25, 0.3) is 0 Å². The van der Waals surface area contributed by atoms with E-state index in [1.54, 1.807) is 5.57 Å². The van der Waals surface area contributed by atoms with Gasteiger partial charge in [0.25, 0.3) is 0 Å². The molecule has 3 nitrogen and oxygen atoms in total. The molecule has 3 saturated carbocycles. The molecule has 5 unspecified atom stereocenters. The quantitative estimate of drug-likeness (QED) is 0.346. The largest absolute Gasteiger partial charge is 0.393 e. The number of unbranched alkanes of at least 4 members (excludes halogenated alkanes) is 2. The zero-order valence-corrected chi connectivity index (χ0v) is 18.4. The molecule has 0 radical (unpaired) electrons. The van der Waals surface area contributed by atoms with Crippen LogP contribution < -0.4 is 5.73 Å². The third kappa shape index (κ3) is 3.20. The van der Waals surface area contributed by atoms with Crippen LogP contribution in [0.15, 0.2) is 11.6 Å². The highest BCUT2D eigenvalue weighted by Crippen LogP contribution is 2.67. The average molecular weight is 390 g/mol. The van der Waals surface area contributed by atoms with Crippen molar-refractivity contribution in [2.45, 2.75) is 110 Å². The highest BCUT2D eigenvalue weighted by Gasteiger charge is 2.61. The third-order valence-corrected chi connectivity index (χ3v) is 9.86. The van der Waals surface area contributed by atoms with Crippen LogP contribution in [0.5, 0.6) is 0 Å². The topological polar surface area (TPSA) is 66.5 Å². The summed E-state index contributed by atoms with van der Waals surface area (Å²) in [7, 11) is 0. The summed E-state index contributed by atoms with van der Waals surface area (Å²) in [6, 6.07) is 0. The van der Waals surface area contributed by atoms with Crippen LogP contribution in [0.4, 0.5) is 0 Å². The number of fused-ring (bicyclic) bond motifs is 5. The first-order valence-electron chi connectivity index (χ1n) is 12.1. The summed E-state index contributed by atoms with van der Waals surface area (Å²) in [6.07, 6.45) is 15.5. The molecule has 3 heteroatoms. The lowest BCUT2D eigenvalue weighted by Crippen LogP contribution is -2.56. The molecule has 0 aromatic heterocycles. The van der Waals surface area contributed by atoms with Crippen molar-refractivity contribution in [1.29, 1.82) is 0 Å². The van der Waals surface area contributed by atoms with Crippen molar-refractivity contribution in [3.63, 3.8) is 0 Å². The van der Waals surface area contributed by atoms with Gasteiger partial charge in [0.2, 0.25) is 0 Å². The average Bonchev–Trinajstić information content (AvgIpc) is 3.00. The van der Waals surface area contributed by atoms with E-state index >= 15 is 0 Å². The van der Waals surface area contributed by atoms with Crippen LogP contribution >= 0.6 is 0 Å². The second-order valence-electron chi connectivity index (χ2n) is 11.3. The molecule has 0 spiro atoms. The van der Waals surface area contributed by atoms with Gasteiger partial charge in [-0.1, -0.05) is 45.3 Å². The van der Waals surface area contributed by atoms with E-state index in [-0.39, 0.29) is 17.4 Å². The standard InChI is InChI=1S/C25H43NO2/c1-4-5-6-13-25(26,28)22-10-9-20-19-8-7-17-16-18(27)11-14-23(17,2)21(19)12-15-24(20,22)3/h7,18-22,27-28H,4-6,8-16,26H2,1-3H3/t18?,19?,20?,21?,22?,23-,24-,25-/m0/s1. The van der Waals surface area contributed by atoms with Crippen LogP contribution in [0.2, 0.25) is 0 Å².